The number of unbranched alkanes of at least 4 members (excludes halogenated alkanes) is 5. The molecular formula is C18H28N4O2S2. The molecule has 0 spiro atoms. The second-order valence-corrected chi connectivity index (χ2v) is 8.41. The number of nitrogens with zero attached hydrogens (tertiary/aromatic N) is 3. The van der Waals surface area contributed by atoms with Gasteiger partial charge in [0, 0.05) is 17.7 Å². The third-order valence-corrected chi connectivity index (χ3v) is 5.98. The van der Waals surface area contributed by atoms with Gasteiger partial charge in [-0.15, -0.1) is 22.0 Å². The average Bonchev–Trinajstić information content (AvgIpc) is 3.19. The van der Waals surface area contributed by atoms with Crippen LogP contribution in [0.5, 0.6) is 0 Å². The predicted octanol–water partition coefficient (Wildman–Crippen LogP) is 4.92. The molecule has 1 N–H and O–H groups in total. The van der Waals surface area contributed by atoms with Gasteiger partial charge in [-0.05, 0) is 20.3 Å². The highest BCUT2D eigenvalue weighted by Crippen LogP contribution is 2.21. The Bertz CT molecular complexity index is 665. The Morgan fingerprint density at radius 1 is 1.15 bits per heavy atom. The van der Waals surface area contributed by atoms with Crippen molar-refractivity contribution in [2.24, 2.45) is 0 Å². The zero-order chi connectivity index (χ0) is 18.8. The Balaban J connectivity index is 1.64. The number of amides is 1. The number of hydrogen-bond acceptors (Lipinski definition) is 7. The zero-order valence-electron chi connectivity index (χ0n) is 15.8. The fourth-order valence-corrected chi connectivity index (χ4v) is 4.34. The molecule has 0 bridgehead atoms. The van der Waals surface area contributed by atoms with Gasteiger partial charge in [0.15, 0.2) is 0 Å². The fourth-order valence-electron chi connectivity index (χ4n) is 2.57. The summed E-state index contributed by atoms with van der Waals surface area (Å²) < 4.78 is 5.13. The quantitative estimate of drug-likeness (QED) is 0.513. The predicted molar refractivity (Wildman–Crippen MR) is 108 cm³/mol. The highest BCUT2D eigenvalue weighted by atomic mass is 32.2. The SMILES string of the molecule is CCCCCCCCc1nnc(NC(=O)CSCc2c(C)noc2C)s1. The van der Waals surface area contributed by atoms with Gasteiger partial charge in [0.2, 0.25) is 11.0 Å². The van der Waals surface area contributed by atoms with Crippen LogP contribution in [0.1, 0.15) is 67.5 Å². The first-order chi connectivity index (χ1) is 12.6. The van der Waals surface area contributed by atoms with Crippen LogP contribution < -0.4 is 5.32 Å². The first-order valence-corrected chi connectivity index (χ1v) is 11.2. The Hall–Kier alpha value is -1.41. The molecule has 0 saturated heterocycles. The maximum absolute atomic E-state index is 12.0. The van der Waals surface area contributed by atoms with Crippen molar-refractivity contribution in [3.63, 3.8) is 0 Å². The molecule has 1 amide bonds. The van der Waals surface area contributed by atoms with E-state index in [0.29, 0.717) is 16.6 Å². The molecule has 6 nitrogen and oxygen atoms in total. The van der Waals surface area contributed by atoms with Crippen molar-refractivity contribution in [2.45, 2.75) is 71.5 Å². The second kappa shape index (κ2) is 11.3. The number of carbonyl (C=O) groups is 1. The normalized spacial score (nSPS) is 11.0. The van der Waals surface area contributed by atoms with E-state index in [1.807, 2.05) is 13.8 Å². The lowest BCUT2D eigenvalue weighted by molar-refractivity contribution is -0.113. The van der Waals surface area contributed by atoms with E-state index in [-0.39, 0.29) is 5.91 Å². The summed E-state index contributed by atoms with van der Waals surface area (Å²) in [5.41, 5.74) is 1.96. The van der Waals surface area contributed by atoms with Gasteiger partial charge in [-0.2, -0.15) is 0 Å². The van der Waals surface area contributed by atoms with Crippen LogP contribution in [-0.2, 0) is 17.0 Å². The van der Waals surface area contributed by atoms with Gasteiger partial charge >= 0.3 is 0 Å². The molecule has 0 aromatic carbocycles. The number of anilines is 1. The number of aromatic nitrogens is 3. The Morgan fingerprint density at radius 3 is 2.65 bits per heavy atom. The van der Waals surface area contributed by atoms with Crippen molar-refractivity contribution >= 4 is 34.1 Å². The third kappa shape index (κ3) is 7.07. The molecule has 0 saturated carbocycles. The zero-order valence-corrected chi connectivity index (χ0v) is 17.5. The maximum atomic E-state index is 12.0. The Morgan fingerprint density at radius 2 is 1.92 bits per heavy atom. The van der Waals surface area contributed by atoms with Crippen LogP contribution in [0.2, 0.25) is 0 Å². The van der Waals surface area contributed by atoms with Gasteiger partial charge in [0.05, 0.1) is 11.4 Å². The topological polar surface area (TPSA) is 80.9 Å². The number of aryl methyl sites for hydroxylation is 3. The molecule has 2 heterocycles. The molecule has 2 rings (SSSR count). The fraction of sp³-hybridized carbons (Fsp3) is 0.667. The lowest BCUT2D eigenvalue weighted by Crippen LogP contribution is -2.14. The maximum Gasteiger partial charge on any atom is 0.236 e. The van der Waals surface area contributed by atoms with E-state index in [2.05, 4.69) is 27.6 Å². The number of rotatable bonds is 12. The molecule has 8 heteroatoms. The van der Waals surface area contributed by atoms with E-state index in [0.717, 1.165) is 34.9 Å². The van der Waals surface area contributed by atoms with Gasteiger partial charge in [-0.1, -0.05) is 55.5 Å². The number of nitrogens with one attached hydrogen (secondary N) is 1. The van der Waals surface area contributed by atoms with Gasteiger partial charge in [-0.3, -0.25) is 10.1 Å². The highest BCUT2D eigenvalue weighted by Gasteiger charge is 2.12. The van der Waals surface area contributed by atoms with Gasteiger partial charge in [-0.25, -0.2) is 0 Å². The van der Waals surface area contributed by atoms with E-state index in [1.165, 1.54) is 43.4 Å². The van der Waals surface area contributed by atoms with Crippen LogP contribution in [0.25, 0.3) is 0 Å². The van der Waals surface area contributed by atoms with Crippen LogP contribution in [0.15, 0.2) is 4.52 Å². The summed E-state index contributed by atoms with van der Waals surface area (Å²) in [7, 11) is 0. The summed E-state index contributed by atoms with van der Waals surface area (Å²) in [5.74, 6) is 1.85. The first kappa shape index (κ1) is 20.9. The van der Waals surface area contributed by atoms with Crippen LogP contribution in [-0.4, -0.2) is 27.0 Å². The summed E-state index contributed by atoms with van der Waals surface area (Å²) in [6.45, 7) is 6.04. The van der Waals surface area contributed by atoms with Crippen LogP contribution in [0.4, 0.5) is 5.13 Å². The smallest absolute Gasteiger partial charge is 0.236 e. The summed E-state index contributed by atoms with van der Waals surface area (Å²) in [4.78, 5) is 12.0. The molecular weight excluding hydrogens is 368 g/mol. The van der Waals surface area contributed by atoms with Crippen molar-refractivity contribution < 1.29 is 9.32 Å². The molecule has 0 aliphatic heterocycles. The summed E-state index contributed by atoms with van der Waals surface area (Å²) in [6, 6.07) is 0. The van der Waals surface area contributed by atoms with Gasteiger partial charge in [0.1, 0.15) is 10.8 Å². The summed E-state index contributed by atoms with van der Waals surface area (Å²) in [5, 5.41) is 16.6. The van der Waals surface area contributed by atoms with E-state index >= 15 is 0 Å². The molecule has 2 aromatic rings. The van der Waals surface area contributed by atoms with Crippen molar-refractivity contribution in [3.05, 3.63) is 22.0 Å². The van der Waals surface area contributed by atoms with Crippen molar-refractivity contribution in [2.75, 3.05) is 11.1 Å². The minimum absolute atomic E-state index is 0.0518. The molecule has 144 valence electrons. The molecule has 0 atom stereocenters. The molecule has 0 fully saturated rings. The van der Waals surface area contributed by atoms with Gasteiger partial charge < -0.3 is 4.52 Å². The number of thioether (sulfide) groups is 1. The molecule has 0 aliphatic carbocycles. The molecule has 0 unspecified atom stereocenters. The van der Waals surface area contributed by atoms with Crippen molar-refractivity contribution in [1.29, 1.82) is 0 Å². The Labute approximate surface area is 163 Å². The Kier molecular flexibility index (Phi) is 9.11. The minimum Gasteiger partial charge on any atom is -0.361 e. The molecule has 0 aliphatic rings. The van der Waals surface area contributed by atoms with Crippen LogP contribution in [0.3, 0.4) is 0 Å². The van der Waals surface area contributed by atoms with Gasteiger partial charge in [0.25, 0.3) is 0 Å². The first-order valence-electron chi connectivity index (χ1n) is 9.22. The number of hydrogen-bond donors (Lipinski definition) is 1. The summed E-state index contributed by atoms with van der Waals surface area (Å²) >= 11 is 3.02. The van der Waals surface area contributed by atoms with Crippen LogP contribution >= 0.6 is 23.1 Å². The lowest BCUT2D eigenvalue weighted by atomic mass is 10.1. The van der Waals surface area contributed by atoms with Crippen molar-refractivity contribution in [1.82, 2.24) is 15.4 Å². The number of carbonyl (C=O) groups excluding carboxylic acids is 1. The molecule has 26 heavy (non-hydrogen) atoms. The lowest BCUT2D eigenvalue weighted by Gasteiger charge is -2.01. The third-order valence-electron chi connectivity index (χ3n) is 4.12. The van der Waals surface area contributed by atoms with E-state index in [1.54, 1.807) is 11.8 Å². The highest BCUT2D eigenvalue weighted by molar-refractivity contribution is 7.99. The molecule has 2 aromatic heterocycles. The van der Waals surface area contributed by atoms with E-state index < -0.39 is 0 Å². The minimum atomic E-state index is -0.0518. The van der Waals surface area contributed by atoms with Crippen LogP contribution in [0, 0.1) is 13.8 Å². The average molecular weight is 397 g/mol. The molecule has 0 radical (unpaired) electrons. The largest absolute Gasteiger partial charge is 0.361 e. The monoisotopic (exact) mass is 396 g/mol. The van der Waals surface area contributed by atoms with Crippen molar-refractivity contribution in [3.8, 4) is 0 Å². The summed E-state index contributed by atoms with van der Waals surface area (Å²) in [6.07, 6.45) is 8.52. The second-order valence-electron chi connectivity index (χ2n) is 6.36. The standard InChI is InChI=1S/C18H28N4O2S2/c1-4-5-6-7-8-9-10-17-20-21-18(26-17)19-16(23)12-25-11-15-13(2)22-24-14(15)3/h4-12H2,1-3H3,(H,19,21,23). The van der Waals surface area contributed by atoms with E-state index in [9.17, 15) is 4.79 Å². The van der Waals surface area contributed by atoms with E-state index in [4.69, 9.17) is 4.52 Å².